The van der Waals surface area contributed by atoms with Crippen molar-refractivity contribution in [1.29, 1.82) is 0 Å². The van der Waals surface area contributed by atoms with Crippen LogP contribution in [0.4, 0.5) is 5.95 Å². The number of hydrogen-bond acceptors (Lipinski definition) is 3. The second-order valence-corrected chi connectivity index (χ2v) is 5.81. The summed E-state index contributed by atoms with van der Waals surface area (Å²) >= 11 is 5.93. The molecule has 0 aliphatic heterocycles. The maximum atomic E-state index is 12.4. The van der Waals surface area contributed by atoms with Gasteiger partial charge < -0.3 is 9.30 Å². The number of carbonyl (C=O) groups is 1. The number of aryl methyl sites for hydroxylation is 1. The first-order chi connectivity index (χ1) is 11.6. The number of fused-ring (bicyclic) bond motifs is 1. The van der Waals surface area contributed by atoms with E-state index in [1.807, 2.05) is 35.8 Å². The first-order valence-electron chi connectivity index (χ1n) is 7.77. The number of nitrogens with one attached hydrogen (secondary N) is 1. The zero-order valence-corrected chi connectivity index (χ0v) is 14.2. The van der Waals surface area contributed by atoms with E-state index in [9.17, 15) is 4.79 Å². The summed E-state index contributed by atoms with van der Waals surface area (Å²) in [7, 11) is 0. The van der Waals surface area contributed by atoms with E-state index in [0.717, 1.165) is 11.0 Å². The fourth-order valence-electron chi connectivity index (χ4n) is 2.50. The van der Waals surface area contributed by atoms with Gasteiger partial charge in [-0.1, -0.05) is 29.8 Å². The number of imidazole rings is 1. The zero-order chi connectivity index (χ0) is 17.1. The Bertz CT molecular complexity index is 876. The van der Waals surface area contributed by atoms with Gasteiger partial charge in [-0.3, -0.25) is 10.1 Å². The largest absolute Gasteiger partial charge is 0.481 e. The number of anilines is 1. The molecule has 0 radical (unpaired) electrons. The number of rotatable bonds is 5. The first kappa shape index (κ1) is 16.3. The van der Waals surface area contributed by atoms with E-state index in [2.05, 4.69) is 10.3 Å². The van der Waals surface area contributed by atoms with E-state index < -0.39 is 6.10 Å². The average molecular weight is 344 g/mol. The second kappa shape index (κ2) is 6.93. The molecule has 0 unspecified atom stereocenters. The van der Waals surface area contributed by atoms with Crippen molar-refractivity contribution < 1.29 is 9.53 Å². The number of para-hydroxylation sites is 2. The molecule has 0 spiro atoms. The Kier molecular flexibility index (Phi) is 4.71. The molecule has 6 heteroatoms. The molecule has 2 aromatic carbocycles. The SMILES string of the molecule is CCn1c(NC(=O)[C@@H](C)Oc2cccc(Cl)c2)nc2ccccc21. The third-order valence-electron chi connectivity index (χ3n) is 3.68. The van der Waals surface area contributed by atoms with Crippen LogP contribution in [0.15, 0.2) is 48.5 Å². The molecule has 1 N–H and O–H groups in total. The van der Waals surface area contributed by atoms with Crippen LogP contribution in [0.1, 0.15) is 13.8 Å². The molecule has 1 amide bonds. The number of benzene rings is 2. The quantitative estimate of drug-likeness (QED) is 0.758. The summed E-state index contributed by atoms with van der Waals surface area (Å²) in [5.74, 6) is 0.805. The molecule has 3 rings (SSSR count). The summed E-state index contributed by atoms with van der Waals surface area (Å²) in [5, 5.41) is 3.40. The molecule has 1 aromatic heterocycles. The van der Waals surface area contributed by atoms with Gasteiger partial charge in [0.15, 0.2) is 6.10 Å². The molecule has 3 aromatic rings. The molecule has 0 saturated carbocycles. The van der Waals surface area contributed by atoms with Gasteiger partial charge in [0.2, 0.25) is 5.95 Å². The summed E-state index contributed by atoms with van der Waals surface area (Å²) in [4.78, 5) is 16.9. The number of amides is 1. The Hall–Kier alpha value is -2.53. The standard InChI is InChI=1S/C18H18ClN3O2/c1-3-22-16-10-5-4-9-15(16)20-18(22)21-17(23)12(2)24-14-8-6-7-13(19)11-14/h4-12H,3H2,1-2H3,(H,20,21,23)/t12-/m1/s1. The predicted octanol–water partition coefficient (Wildman–Crippen LogP) is 4.12. The Labute approximate surface area is 145 Å². The summed E-state index contributed by atoms with van der Waals surface area (Å²) in [5.41, 5.74) is 1.83. The van der Waals surface area contributed by atoms with E-state index >= 15 is 0 Å². The number of hydrogen-bond donors (Lipinski definition) is 1. The van der Waals surface area contributed by atoms with Gasteiger partial charge in [-0.15, -0.1) is 0 Å². The molecule has 5 nitrogen and oxygen atoms in total. The van der Waals surface area contributed by atoms with Gasteiger partial charge in [0.1, 0.15) is 5.75 Å². The summed E-state index contributed by atoms with van der Waals surface area (Å²) in [6.07, 6.45) is -0.673. The van der Waals surface area contributed by atoms with Crippen molar-refractivity contribution in [2.45, 2.75) is 26.5 Å². The van der Waals surface area contributed by atoms with E-state index in [0.29, 0.717) is 23.3 Å². The zero-order valence-electron chi connectivity index (χ0n) is 13.5. The normalized spacial score (nSPS) is 12.1. The predicted molar refractivity (Wildman–Crippen MR) is 95.6 cm³/mol. The second-order valence-electron chi connectivity index (χ2n) is 5.38. The lowest BCUT2D eigenvalue weighted by atomic mass is 10.3. The first-order valence-corrected chi connectivity index (χ1v) is 8.14. The molecular weight excluding hydrogens is 326 g/mol. The van der Waals surface area contributed by atoms with Crippen LogP contribution in [0.25, 0.3) is 11.0 Å². The van der Waals surface area contributed by atoms with Crippen LogP contribution in [0, 0.1) is 0 Å². The van der Waals surface area contributed by atoms with E-state index in [1.54, 1.807) is 31.2 Å². The number of carbonyl (C=O) groups excluding carboxylic acids is 1. The lowest BCUT2D eigenvalue weighted by Gasteiger charge is -2.15. The van der Waals surface area contributed by atoms with Gasteiger partial charge in [0.05, 0.1) is 11.0 Å². The van der Waals surface area contributed by atoms with E-state index in [-0.39, 0.29) is 5.91 Å². The van der Waals surface area contributed by atoms with Crippen molar-refractivity contribution in [3.05, 3.63) is 53.6 Å². The van der Waals surface area contributed by atoms with Gasteiger partial charge in [-0.05, 0) is 44.2 Å². The van der Waals surface area contributed by atoms with Crippen molar-refractivity contribution in [1.82, 2.24) is 9.55 Å². The Morgan fingerprint density at radius 2 is 2.08 bits per heavy atom. The Morgan fingerprint density at radius 3 is 2.83 bits per heavy atom. The minimum Gasteiger partial charge on any atom is -0.481 e. The highest BCUT2D eigenvalue weighted by molar-refractivity contribution is 6.30. The topological polar surface area (TPSA) is 56.2 Å². The van der Waals surface area contributed by atoms with Crippen molar-refractivity contribution >= 4 is 34.5 Å². The van der Waals surface area contributed by atoms with Crippen molar-refractivity contribution in [2.24, 2.45) is 0 Å². The molecule has 1 heterocycles. The third kappa shape index (κ3) is 3.36. The van der Waals surface area contributed by atoms with Crippen molar-refractivity contribution in [3.63, 3.8) is 0 Å². The average Bonchev–Trinajstić information content (AvgIpc) is 2.91. The lowest BCUT2D eigenvalue weighted by molar-refractivity contribution is -0.122. The van der Waals surface area contributed by atoms with Gasteiger partial charge in [-0.2, -0.15) is 0 Å². The van der Waals surface area contributed by atoms with E-state index in [4.69, 9.17) is 16.3 Å². The summed E-state index contributed by atoms with van der Waals surface area (Å²) in [6.45, 7) is 4.41. The molecule has 0 bridgehead atoms. The maximum absolute atomic E-state index is 12.4. The summed E-state index contributed by atoms with van der Waals surface area (Å²) in [6, 6.07) is 14.7. The van der Waals surface area contributed by atoms with Crippen LogP contribution in [0.2, 0.25) is 5.02 Å². The van der Waals surface area contributed by atoms with Crippen LogP contribution < -0.4 is 10.1 Å². The van der Waals surface area contributed by atoms with Crippen LogP contribution in [-0.2, 0) is 11.3 Å². The highest BCUT2D eigenvalue weighted by Gasteiger charge is 2.18. The van der Waals surface area contributed by atoms with Crippen LogP contribution >= 0.6 is 11.6 Å². The molecule has 0 fully saturated rings. The molecule has 0 aliphatic carbocycles. The molecule has 1 atom stereocenters. The van der Waals surface area contributed by atoms with Crippen LogP contribution in [0.3, 0.4) is 0 Å². The number of aromatic nitrogens is 2. The van der Waals surface area contributed by atoms with Gasteiger partial charge >= 0.3 is 0 Å². The van der Waals surface area contributed by atoms with Gasteiger partial charge in [0.25, 0.3) is 5.91 Å². The monoisotopic (exact) mass is 343 g/mol. The number of ether oxygens (including phenoxy) is 1. The van der Waals surface area contributed by atoms with Crippen molar-refractivity contribution in [3.8, 4) is 5.75 Å². The fraction of sp³-hybridized carbons (Fsp3) is 0.222. The van der Waals surface area contributed by atoms with Crippen LogP contribution in [0.5, 0.6) is 5.75 Å². The fourth-order valence-corrected chi connectivity index (χ4v) is 2.68. The molecule has 24 heavy (non-hydrogen) atoms. The highest BCUT2D eigenvalue weighted by atomic mass is 35.5. The molecule has 0 aliphatic rings. The van der Waals surface area contributed by atoms with Crippen LogP contribution in [-0.4, -0.2) is 21.6 Å². The van der Waals surface area contributed by atoms with E-state index in [1.165, 1.54) is 0 Å². The number of nitrogens with zero attached hydrogens (tertiary/aromatic N) is 2. The Balaban J connectivity index is 1.77. The number of halogens is 1. The third-order valence-corrected chi connectivity index (χ3v) is 3.92. The molecule has 0 saturated heterocycles. The smallest absolute Gasteiger partial charge is 0.267 e. The molecule has 124 valence electrons. The lowest BCUT2D eigenvalue weighted by Crippen LogP contribution is -2.31. The van der Waals surface area contributed by atoms with Gasteiger partial charge in [0, 0.05) is 11.6 Å². The summed E-state index contributed by atoms with van der Waals surface area (Å²) < 4.78 is 7.60. The molecular formula is C18H18ClN3O2. The highest BCUT2D eigenvalue weighted by Crippen LogP contribution is 2.21. The minimum absolute atomic E-state index is 0.264. The Morgan fingerprint density at radius 1 is 1.29 bits per heavy atom. The van der Waals surface area contributed by atoms with Crippen molar-refractivity contribution in [2.75, 3.05) is 5.32 Å². The van der Waals surface area contributed by atoms with Gasteiger partial charge in [-0.25, -0.2) is 4.98 Å². The maximum Gasteiger partial charge on any atom is 0.267 e. The minimum atomic E-state index is -0.673.